The summed E-state index contributed by atoms with van der Waals surface area (Å²) in [7, 11) is 0. The van der Waals surface area contributed by atoms with Crippen molar-refractivity contribution in [2.45, 2.75) is 51.7 Å². The number of benzene rings is 2. The number of aliphatic imine (C=N–C) groups is 1. The molecular weight excluding hydrogens is 511 g/mol. The van der Waals surface area contributed by atoms with Crippen LogP contribution >= 0.6 is 24.0 Å². The van der Waals surface area contributed by atoms with Gasteiger partial charge in [-0.2, -0.15) is 0 Å². The summed E-state index contributed by atoms with van der Waals surface area (Å²) < 4.78 is 0. The number of aromatic nitrogens is 2. The maximum Gasteiger partial charge on any atom is 0.191 e. The number of aromatic amines is 1. The summed E-state index contributed by atoms with van der Waals surface area (Å²) in [6.45, 7) is 8.15. The molecule has 2 heterocycles. The van der Waals surface area contributed by atoms with Gasteiger partial charge in [-0.1, -0.05) is 42.5 Å². The van der Waals surface area contributed by atoms with Crippen LogP contribution in [-0.4, -0.2) is 52.5 Å². The molecule has 0 aliphatic carbocycles. The minimum absolute atomic E-state index is 0. The average Bonchev–Trinajstić information content (AvgIpc) is 3.19. The average molecular weight is 547 g/mol. The zero-order chi connectivity index (χ0) is 21.5. The van der Waals surface area contributed by atoms with Crippen LogP contribution < -0.4 is 10.6 Å². The maximum absolute atomic E-state index is 4.81. The monoisotopic (exact) mass is 546 g/mol. The highest BCUT2D eigenvalue weighted by molar-refractivity contribution is 14.0. The van der Waals surface area contributed by atoms with Crippen molar-refractivity contribution in [2.75, 3.05) is 19.6 Å². The van der Waals surface area contributed by atoms with E-state index in [1.807, 2.05) is 18.2 Å². The van der Waals surface area contributed by atoms with Crippen molar-refractivity contribution >= 4 is 41.0 Å². The third-order valence-electron chi connectivity index (χ3n) is 5.98. The molecule has 1 saturated heterocycles. The third-order valence-corrected chi connectivity index (χ3v) is 5.98. The fourth-order valence-electron chi connectivity index (χ4n) is 4.32. The Morgan fingerprint density at radius 2 is 1.94 bits per heavy atom. The van der Waals surface area contributed by atoms with E-state index in [1.165, 1.54) is 5.56 Å². The number of imidazole rings is 1. The van der Waals surface area contributed by atoms with Crippen molar-refractivity contribution < 1.29 is 0 Å². The number of rotatable bonds is 7. The van der Waals surface area contributed by atoms with Crippen LogP contribution in [0.2, 0.25) is 0 Å². The van der Waals surface area contributed by atoms with Crippen LogP contribution in [0.3, 0.4) is 0 Å². The van der Waals surface area contributed by atoms with Crippen molar-refractivity contribution in [3.05, 3.63) is 66.0 Å². The molecule has 3 aromatic rings. The van der Waals surface area contributed by atoms with E-state index in [0.717, 1.165) is 61.7 Å². The van der Waals surface area contributed by atoms with Gasteiger partial charge in [0, 0.05) is 44.7 Å². The van der Waals surface area contributed by atoms with Crippen LogP contribution in [0.15, 0.2) is 59.6 Å². The standard InChI is InChI=1S/C25H34N6.HI/c1-3-26-25(27-15-13-24-29-22-11-7-8-12-23(22)30-24)28-21-14-16-31(19(2)17-21)18-20-9-5-4-6-10-20;/h4-12,19,21H,3,13-18H2,1-2H3,(H,29,30)(H2,26,27,28);1H. The Balaban J connectivity index is 0.00000289. The van der Waals surface area contributed by atoms with E-state index in [2.05, 4.69) is 75.7 Å². The molecule has 7 heteroatoms. The van der Waals surface area contributed by atoms with Crippen LogP contribution in [0, 0.1) is 0 Å². The molecule has 1 fully saturated rings. The highest BCUT2D eigenvalue weighted by Crippen LogP contribution is 2.20. The van der Waals surface area contributed by atoms with Gasteiger partial charge in [0.05, 0.1) is 11.0 Å². The lowest BCUT2D eigenvalue weighted by atomic mass is 9.97. The zero-order valence-electron chi connectivity index (χ0n) is 19.1. The molecule has 3 N–H and O–H groups in total. The summed E-state index contributed by atoms with van der Waals surface area (Å²) in [4.78, 5) is 15.4. The molecule has 1 aliphatic heterocycles. The second-order valence-corrected chi connectivity index (χ2v) is 8.38. The van der Waals surface area contributed by atoms with Gasteiger partial charge in [-0.25, -0.2) is 4.98 Å². The molecule has 0 amide bonds. The molecule has 2 aromatic carbocycles. The molecule has 1 aliphatic rings. The van der Waals surface area contributed by atoms with E-state index < -0.39 is 0 Å². The molecule has 0 radical (unpaired) electrons. The molecular formula is C25H35IN6. The van der Waals surface area contributed by atoms with E-state index in [-0.39, 0.29) is 24.0 Å². The highest BCUT2D eigenvalue weighted by Gasteiger charge is 2.25. The first-order valence-electron chi connectivity index (χ1n) is 11.5. The van der Waals surface area contributed by atoms with Gasteiger partial charge in [0.1, 0.15) is 5.82 Å². The van der Waals surface area contributed by atoms with Crippen molar-refractivity contribution in [1.29, 1.82) is 0 Å². The van der Waals surface area contributed by atoms with Crippen molar-refractivity contribution in [2.24, 2.45) is 4.99 Å². The Labute approximate surface area is 208 Å². The SMILES string of the molecule is CCNC(=NCCc1nc2ccccc2[nH]1)NC1CCN(Cc2ccccc2)C(C)C1.I. The minimum atomic E-state index is 0. The van der Waals surface area contributed by atoms with Crippen LogP contribution in [-0.2, 0) is 13.0 Å². The van der Waals surface area contributed by atoms with Gasteiger partial charge in [0.2, 0.25) is 0 Å². The smallest absolute Gasteiger partial charge is 0.191 e. The second-order valence-electron chi connectivity index (χ2n) is 8.38. The lowest BCUT2D eigenvalue weighted by Gasteiger charge is -2.38. The molecule has 2 atom stereocenters. The van der Waals surface area contributed by atoms with Gasteiger partial charge in [-0.3, -0.25) is 9.89 Å². The number of halogens is 1. The summed E-state index contributed by atoms with van der Waals surface area (Å²) in [5.41, 5.74) is 3.49. The number of H-pyrrole nitrogens is 1. The normalized spacial score (nSPS) is 19.5. The molecule has 4 rings (SSSR count). The van der Waals surface area contributed by atoms with Crippen LogP contribution in [0.5, 0.6) is 0 Å². The van der Waals surface area contributed by atoms with Gasteiger partial charge in [-0.15, -0.1) is 24.0 Å². The van der Waals surface area contributed by atoms with Crippen LogP contribution in [0.4, 0.5) is 0 Å². The first-order chi connectivity index (χ1) is 15.2. The van der Waals surface area contributed by atoms with Crippen molar-refractivity contribution in [3.8, 4) is 0 Å². The van der Waals surface area contributed by atoms with E-state index in [1.54, 1.807) is 0 Å². The van der Waals surface area contributed by atoms with Gasteiger partial charge in [-0.05, 0) is 44.4 Å². The summed E-state index contributed by atoms with van der Waals surface area (Å²) >= 11 is 0. The molecule has 172 valence electrons. The van der Waals surface area contributed by atoms with Gasteiger partial charge >= 0.3 is 0 Å². The van der Waals surface area contributed by atoms with Crippen molar-refractivity contribution in [1.82, 2.24) is 25.5 Å². The fourth-order valence-corrected chi connectivity index (χ4v) is 4.32. The number of piperidine rings is 1. The highest BCUT2D eigenvalue weighted by atomic mass is 127. The number of para-hydroxylation sites is 2. The number of nitrogens with one attached hydrogen (secondary N) is 3. The zero-order valence-corrected chi connectivity index (χ0v) is 21.4. The number of hydrogen-bond donors (Lipinski definition) is 3. The molecule has 6 nitrogen and oxygen atoms in total. The summed E-state index contributed by atoms with van der Waals surface area (Å²) in [6, 6.07) is 19.9. The molecule has 1 aromatic heterocycles. The summed E-state index contributed by atoms with van der Waals surface area (Å²) in [5, 5.41) is 7.07. The van der Waals surface area contributed by atoms with Gasteiger partial charge in [0.25, 0.3) is 0 Å². The van der Waals surface area contributed by atoms with E-state index in [9.17, 15) is 0 Å². The number of nitrogens with zero attached hydrogens (tertiary/aromatic N) is 3. The quantitative estimate of drug-likeness (QED) is 0.235. The Kier molecular flexibility index (Phi) is 9.35. The Morgan fingerprint density at radius 3 is 2.69 bits per heavy atom. The molecule has 0 saturated carbocycles. The predicted molar refractivity (Wildman–Crippen MR) is 144 cm³/mol. The van der Waals surface area contributed by atoms with Crippen LogP contribution in [0.25, 0.3) is 11.0 Å². The number of guanidine groups is 1. The number of hydrogen-bond acceptors (Lipinski definition) is 3. The lowest BCUT2D eigenvalue weighted by molar-refractivity contribution is 0.134. The summed E-state index contributed by atoms with van der Waals surface area (Å²) in [5.74, 6) is 1.90. The maximum atomic E-state index is 4.81. The van der Waals surface area contributed by atoms with Crippen LogP contribution in [0.1, 0.15) is 38.1 Å². The Hall–Kier alpha value is -2.13. The molecule has 2 unspecified atom stereocenters. The van der Waals surface area contributed by atoms with E-state index >= 15 is 0 Å². The first-order valence-corrected chi connectivity index (χ1v) is 11.5. The lowest BCUT2D eigenvalue weighted by Crippen LogP contribution is -2.51. The predicted octanol–water partition coefficient (Wildman–Crippen LogP) is 4.33. The fraction of sp³-hybridized carbons (Fsp3) is 0.440. The largest absolute Gasteiger partial charge is 0.357 e. The topological polar surface area (TPSA) is 68.3 Å². The van der Waals surface area contributed by atoms with Crippen molar-refractivity contribution in [3.63, 3.8) is 0 Å². The van der Waals surface area contributed by atoms with E-state index in [0.29, 0.717) is 18.6 Å². The van der Waals surface area contributed by atoms with Gasteiger partial charge < -0.3 is 15.6 Å². The molecule has 32 heavy (non-hydrogen) atoms. The Bertz CT molecular complexity index is 953. The van der Waals surface area contributed by atoms with E-state index in [4.69, 9.17) is 4.99 Å². The number of fused-ring (bicyclic) bond motifs is 1. The Morgan fingerprint density at radius 1 is 1.16 bits per heavy atom. The summed E-state index contributed by atoms with van der Waals surface area (Å²) in [6.07, 6.45) is 3.06. The third kappa shape index (κ3) is 6.68. The van der Waals surface area contributed by atoms with Gasteiger partial charge in [0.15, 0.2) is 5.96 Å². The number of likely N-dealkylation sites (tertiary alicyclic amines) is 1. The second kappa shape index (κ2) is 12.2. The molecule has 0 bridgehead atoms. The molecule has 0 spiro atoms. The first kappa shape index (κ1) is 24.5. The minimum Gasteiger partial charge on any atom is -0.357 e.